The number of likely N-dealkylation sites (N-methyl/N-ethyl adjacent to an activating group) is 1. The standard InChI is InChI=1S/C33H52ClN3/c1-24(2)8-9-29-11-15-37(22-27(29)5)28(6)36-16-13-33(14-17-36)12-10-31(21-33)35(7)23-30-19-25(3)18-26(4)20-32(30)34/h18-20,25,27,29,31H,1,6,8-17,21-23H2,2-5,7H3. The first kappa shape index (κ1) is 28.6. The number of hydrogen-bond donors (Lipinski definition) is 0. The third-order valence-corrected chi connectivity index (χ3v) is 10.3. The van der Waals surface area contributed by atoms with Gasteiger partial charge < -0.3 is 9.80 Å². The molecule has 37 heavy (non-hydrogen) atoms. The Kier molecular flexibility index (Phi) is 9.39. The minimum absolute atomic E-state index is 0.438. The van der Waals surface area contributed by atoms with Crippen molar-refractivity contribution in [3.8, 4) is 0 Å². The van der Waals surface area contributed by atoms with Gasteiger partial charge in [0.2, 0.25) is 0 Å². The molecule has 3 nitrogen and oxygen atoms in total. The van der Waals surface area contributed by atoms with E-state index in [0.29, 0.717) is 17.4 Å². The van der Waals surface area contributed by atoms with Crippen LogP contribution >= 0.6 is 11.6 Å². The molecular weight excluding hydrogens is 474 g/mol. The highest BCUT2D eigenvalue weighted by atomic mass is 35.5. The van der Waals surface area contributed by atoms with E-state index in [0.717, 1.165) is 30.0 Å². The van der Waals surface area contributed by atoms with Crippen LogP contribution in [0, 0.1) is 23.2 Å². The Hall–Kier alpha value is -1.45. The molecule has 1 saturated carbocycles. The molecule has 0 N–H and O–H groups in total. The summed E-state index contributed by atoms with van der Waals surface area (Å²) in [5, 5.41) is 0.915. The summed E-state index contributed by atoms with van der Waals surface area (Å²) in [5.74, 6) is 3.29. The third kappa shape index (κ3) is 7.15. The molecule has 4 unspecified atom stereocenters. The van der Waals surface area contributed by atoms with Crippen LogP contribution in [-0.2, 0) is 0 Å². The van der Waals surface area contributed by atoms with Crippen LogP contribution in [-0.4, -0.2) is 60.5 Å². The van der Waals surface area contributed by atoms with Gasteiger partial charge in [0, 0.05) is 43.8 Å². The maximum atomic E-state index is 6.70. The van der Waals surface area contributed by atoms with E-state index in [2.05, 4.69) is 80.8 Å². The number of nitrogens with zero attached hydrogens (tertiary/aromatic N) is 3. The molecule has 206 valence electrons. The second-order valence-electron chi connectivity index (χ2n) is 13.1. The van der Waals surface area contributed by atoms with Gasteiger partial charge in [0.15, 0.2) is 0 Å². The van der Waals surface area contributed by atoms with Crippen molar-refractivity contribution in [1.82, 2.24) is 14.7 Å². The summed E-state index contributed by atoms with van der Waals surface area (Å²) in [7, 11) is 2.31. The molecular formula is C33H52ClN3. The zero-order chi connectivity index (χ0) is 26.7. The lowest BCUT2D eigenvalue weighted by molar-refractivity contribution is 0.0711. The van der Waals surface area contributed by atoms with Gasteiger partial charge >= 0.3 is 0 Å². The number of likely N-dealkylation sites (tertiary alicyclic amines) is 2. The monoisotopic (exact) mass is 525 g/mol. The zero-order valence-electron chi connectivity index (χ0n) is 24.4. The molecule has 4 heteroatoms. The van der Waals surface area contributed by atoms with Gasteiger partial charge in [-0.2, -0.15) is 0 Å². The van der Waals surface area contributed by atoms with E-state index in [9.17, 15) is 0 Å². The third-order valence-electron chi connectivity index (χ3n) is 9.95. The summed E-state index contributed by atoms with van der Waals surface area (Å²) in [6.07, 6.45) is 17.2. The molecule has 4 aliphatic rings. The van der Waals surface area contributed by atoms with Gasteiger partial charge in [0.05, 0.1) is 5.82 Å². The van der Waals surface area contributed by atoms with E-state index in [-0.39, 0.29) is 0 Å². The quantitative estimate of drug-likeness (QED) is 0.297. The van der Waals surface area contributed by atoms with Crippen LogP contribution in [0.25, 0.3) is 0 Å². The first-order valence-electron chi connectivity index (χ1n) is 14.9. The maximum absolute atomic E-state index is 6.70. The lowest BCUT2D eigenvalue weighted by Gasteiger charge is -2.46. The Balaban J connectivity index is 1.25. The lowest BCUT2D eigenvalue weighted by atomic mass is 9.76. The van der Waals surface area contributed by atoms with Crippen LogP contribution in [0.1, 0.15) is 79.1 Å². The van der Waals surface area contributed by atoms with Gasteiger partial charge in [0.25, 0.3) is 0 Å². The molecule has 4 rings (SSSR count). The fourth-order valence-electron chi connectivity index (χ4n) is 7.46. The van der Waals surface area contributed by atoms with Crippen molar-refractivity contribution in [2.24, 2.45) is 23.2 Å². The van der Waals surface area contributed by atoms with Crippen LogP contribution in [0.3, 0.4) is 0 Å². The minimum atomic E-state index is 0.438. The second kappa shape index (κ2) is 12.2. The largest absolute Gasteiger partial charge is 0.359 e. The summed E-state index contributed by atoms with van der Waals surface area (Å²) >= 11 is 6.70. The first-order chi connectivity index (χ1) is 17.5. The van der Waals surface area contributed by atoms with Crippen LogP contribution in [0.15, 0.2) is 59.0 Å². The Morgan fingerprint density at radius 1 is 1.08 bits per heavy atom. The lowest BCUT2D eigenvalue weighted by Crippen LogP contribution is -2.47. The highest BCUT2D eigenvalue weighted by molar-refractivity contribution is 6.32. The summed E-state index contributed by atoms with van der Waals surface area (Å²) in [6, 6.07) is 0.659. The fourth-order valence-corrected chi connectivity index (χ4v) is 7.76. The minimum Gasteiger partial charge on any atom is -0.359 e. The van der Waals surface area contributed by atoms with Crippen LogP contribution < -0.4 is 0 Å². The van der Waals surface area contributed by atoms with Crippen molar-refractivity contribution in [2.45, 2.75) is 85.1 Å². The number of halogens is 1. The summed E-state index contributed by atoms with van der Waals surface area (Å²) in [4.78, 5) is 7.76. The van der Waals surface area contributed by atoms with Gasteiger partial charge in [-0.3, -0.25) is 4.90 Å². The number of rotatable bonds is 8. The van der Waals surface area contributed by atoms with E-state index in [1.807, 2.05) is 0 Å². The Morgan fingerprint density at radius 3 is 2.49 bits per heavy atom. The molecule has 0 aromatic rings. The number of piperidine rings is 2. The molecule has 0 aromatic heterocycles. The molecule has 0 aromatic carbocycles. The average Bonchev–Trinajstić information content (AvgIpc) is 3.20. The van der Waals surface area contributed by atoms with Gasteiger partial charge in [0.1, 0.15) is 0 Å². The van der Waals surface area contributed by atoms with E-state index >= 15 is 0 Å². The Bertz CT molecular complexity index is 935. The van der Waals surface area contributed by atoms with Crippen LogP contribution in [0.5, 0.6) is 0 Å². The van der Waals surface area contributed by atoms with E-state index < -0.39 is 0 Å². The molecule has 2 aliphatic carbocycles. The average molecular weight is 526 g/mol. The molecule has 0 bridgehead atoms. The predicted octanol–water partition coefficient (Wildman–Crippen LogP) is 7.98. The SMILES string of the molecule is C=C(C)CCC1CCN(C(=C)N2CCC3(CCC(N(C)CC4=CC(C)C=C(C)C=C4Cl)C3)CC2)CC1C. The van der Waals surface area contributed by atoms with Crippen LogP contribution in [0.4, 0.5) is 0 Å². The van der Waals surface area contributed by atoms with Crippen molar-refractivity contribution in [2.75, 3.05) is 39.8 Å². The maximum Gasteiger partial charge on any atom is 0.0965 e. The fraction of sp³-hybridized carbons (Fsp3) is 0.697. The molecule has 2 aliphatic heterocycles. The van der Waals surface area contributed by atoms with Crippen molar-refractivity contribution >= 4 is 11.6 Å². The van der Waals surface area contributed by atoms with Crippen molar-refractivity contribution in [1.29, 1.82) is 0 Å². The zero-order valence-corrected chi connectivity index (χ0v) is 25.1. The Labute approximate surface area is 233 Å². The van der Waals surface area contributed by atoms with E-state index in [4.69, 9.17) is 11.6 Å². The smallest absolute Gasteiger partial charge is 0.0965 e. The highest BCUT2D eigenvalue weighted by Gasteiger charge is 2.43. The van der Waals surface area contributed by atoms with E-state index in [1.165, 1.54) is 93.5 Å². The molecule has 4 atom stereocenters. The molecule has 0 amide bonds. The molecule has 2 saturated heterocycles. The topological polar surface area (TPSA) is 9.72 Å². The highest BCUT2D eigenvalue weighted by Crippen LogP contribution is 2.48. The molecule has 3 fully saturated rings. The second-order valence-corrected chi connectivity index (χ2v) is 13.5. The predicted molar refractivity (Wildman–Crippen MR) is 160 cm³/mol. The van der Waals surface area contributed by atoms with Gasteiger partial charge in [-0.15, -0.1) is 6.58 Å². The van der Waals surface area contributed by atoms with Gasteiger partial charge in [-0.05, 0) is 107 Å². The summed E-state index contributed by atoms with van der Waals surface area (Å²) in [6.45, 7) is 23.3. The van der Waals surface area contributed by atoms with Crippen molar-refractivity contribution in [3.05, 3.63) is 59.0 Å². The van der Waals surface area contributed by atoms with Gasteiger partial charge in [-0.25, -0.2) is 0 Å². The van der Waals surface area contributed by atoms with Crippen molar-refractivity contribution < 1.29 is 0 Å². The first-order valence-corrected chi connectivity index (χ1v) is 15.2. The normalized spacial score (nSPS) is 30.2. The van der Waals surface area contributed by atoms with E-state index in [1.54, 1.807) is 0 Å². The van der Waals surface area contributed by atoms with Gasteiger partial charge in [-0.1, -0.05) is 55.3 Å². The number of allylic oxidation sites excluding steroid dienone is 5. The number of hydrogen-bond acceptors (Lipinski definition) is 3. The summed E-state index contributed by atoms with van der Waals surface area (Å²) in [5.41, 5.74) is 4.39. The van der Waals surface area contributed by atoms with Crippen LogP contribution in [0.2, 0.25) is 0 Å². The van der Waals surface area contributed by atoms with Crippen molar-refractivity contribution in [3.63, 3.8) is 0 Å². The molecule has 2 heterocycles. The molecule has 1 spiro atoms. The Morgan fingerprint density at radius 2 is 1.81 bits per heavy atom. The summed E-state index contributed by atoms with van der Waals surface area (Å²) < 4.78 is 0. The molecule has 0 radical (unpaired) electrons.